The van der Waals surface area contributed by atoms with Crippen LogP contribution in [0, 0.1) is 5.82 Å². The maximum absolute atomic E-state index is 13.3. The summed E-state index contributed by atoms with van der Waals surface area (Å²) in [6.07, 6.45) is 2.49. The molecule has 0 aliphatic heterocycles. The van der Waals surface area contributed by atoms with Gasteiger partial charge in [0.25, 0.3) is 0 Å². The van der Waals surface area contributed by atoms with E-state index in [9.17, 15) is 9.18 Å². The molecule has 5 heteroatoms. The first-order chi connectivity index (χ1) is 9.20. The Kier molecular flexibility index (Phi) is 2.91. The van der Waals surface area contributed by atoms with Gasteiger partial charge in [-0.05, 0) is 40.2 Å². The lowest BCUT2D eigenvalue weighted by molar-refractivity contribution is 0.112. The molecule has 0 unspecified atom stereocenters. The molecule has 0 atom stereocenters. The summed E-state index contributed by atoms with van der Waals surface area (Å²) in [6, 6.07) is 9.80. The number of carbonyl (C=O) groups excluding carboxylic acids is 1. The Morgan fingerprint density at radius 2 is 2.11 bits per heavy atom. The van der Waals surface area contributed by atoms with Crippen molar-refractivity contribution in [3.8, 4) is 11.4 Å². The number of pyridine rings is 1. The Morgan fingerprint density at radius 3 is 2.84 bits per heavy atom. The van der Waals surface area contributed by atoms with Crippen molar-refractivity contribution >= 4 is 27.7 Å². The standard InChI is InChI=1S/C14H8BrFN2O/c15-11-5-2-6-18-13(11)12(8-19)17-14(18)9-3-1-4-10(16)7-9/h1-8H. The van der Waals surface area contributed by atoms with Crippen LogP contribution in [-0.2, 0) is 0 Å². The normalized spacial score (nSPS) is 10.8. The first kappa shape index (κ1) is 12.0. The molecule has 3 rings (SSSR count). The van der Waals surface area contributed by atoms with Gasteiger partial charge in [-0.1, -0.05) is 12.1 Å². The van der Waals surface area contributed by atoms with E-state index in [-0.39, 0.29) is 5.82 Å². The van der Waals surface area contributed by atoms with Crippen molar-refractivity contribution in [1.29, 1.82) is 0 Å². The molecule has 3 aromatic rings. The maximum Gasteiger partial charge on any atom is 0.170 e. The average Bonchev–Trinajstić information content (AvgIpc) is 2.79. The SMILES string of the molecule is O=Cc1nc(-c2cccc(F)c2)n2cccc(Br)c12. The number of rotatable bonds is 2. The first-order valence-electron chi connectivity index (χ1n) is 5.58. The number of aldehydes is 1. The number of benzene rings is 1. The number of fused-ring (bicyclic) bond motifs is 1. The lowest BCUT2D eigenvalue weighted by Gasteiger charge is -2.02. The minimum absolute atomic E-state index is 0.326. The quantitative estimate of drug-likeness (QED) is 0.675. The molecule has 19 heavy (non-hydrogen) atoms. The summed E-state index contributed by atoms with van der Waals surface area (Å²) in [5.41, 5.74) is 1.63. The van der Waals surface area contributed by atoms with E-state index in [0.717, 1.165) is 4.47 Å². The molecule has 0 radical (unpaired) electrons. The minimum Gasteiger partial charge on any atom is -0.298 e. The van der Waals surface area contributed by atoms with E-state index in [0.29, 0.717) is 28.9 Å². The molecule has 1 aromatic carbocycles. The van der Waals surface area contributed by atoms with E-state index in [4.69, 9.17) is 0 Å². The largest absolute Gasteiger partial charge is 0.298 e. The summed E-state index contributed by atoms with van der Waals surface area (Å²) in [6.45, 7) is 0. The summed E-state index contributed by atoms with van der Waals surface area (Å²) >= 11 is 3.40. The highest BCUT2D eigenvalue weighted by molar-refractivity contribution is 9.10. The van der Waals surface area contributed by atoms with Gasteiger partial charge in [0.05, 0.1) is 5.52 Å². The van der Waals surface area contributed by atoms with Crippen molar-refractivity contribution in [2.45, 2.75) is 0 Å². The van der Waals surface area contributed by atoms with Crippen molar-refractivity contribution in [3.05, 3.63) is 58.6 Å². The zero-order valence-corrected chi connectivity index (χ0v) is 11.3. The lowest BCUT2D eigenvalue weighted by atomic mass is 10.2. The second kappa shape index (κ2) is 4.59. The van der Waals surface area contributed by atoms with Gasteiger partial charge in [-0.25, -0.2) is 9.37 Å². The van der Waals surface area contributed by atoms with Crippen LogP contribution in [0.25, 0.3) is 16.9 Å². The summed E-state index contributed by atoms with van der Waals surface area (Å²) in [4.78, 5) is 15.4. The van der Waals surface area contributed by atoms with E-state index in [1.165, 1.54) is 12.1 Å². The van der Waals surface area contributed by atoms with Crippen LogP contribution in [0.3, 0.4) is 0 Å². The average molecular weight is 319 g/mol. The van der Waals surface area contributed by atoms with Crippen LogP contribution in [0.15, 0.2) is 47.1 Å². The van der Waals surface area contributed by atoms with Crippen molar-refractivity contribution in [3.63, 3.8) is 0 Å². The number of nitrogens with zero attached hydrogens (tertiary/aromatic N) is 2. The molecule has 0 amide bonds. The second-order valence-corrected chi connectivity index (χ2v) is 4.88. The zero-order valence-electron chi connectivity index (χ0n) is 9.68. The van der Waals surface area contributed by atoms with Crippen LogP contribution in [-0.4, -0.2) is 15.7 Å². The summed E-state index contributed by atoms with van der Waals surface area (Å²) < 4.78 is 15.8. The van der Waals surface area contributed by atoms with Crippen LogP contribution in [0.2, 0.25) is 0 Å². The number of carbonyl (C=O) groups is 1. The fourth-order valence-corrected chi connectivity index (χ4v) is 2.59. The molecule has 0 aliphatic carbocycles. The van der Waals surface area contributed by atoms with Gasteiger partial charge in [-0.3, -0.25) is 9.20 Å². The van der Waals surface area contributed by atoms with Gasteiger partial charge in [-0.2, -0.15) is 0 Å². The lowest BCUT2D eigenvalue weighted by Crippen LogP contribution is -1.89. The highest BCUT2D eigenvalue weighted by atomic mass is 79.9. The van der Waals surface area contributed by atoms with Gasteiger partial charge in [0.15, 0.2) is 6.29 Å². The molecule has 94 valence electrons. The molecule has 0 bridgehead atoms. The number of aromatic nitrogens is 2. The Morgan fingerprint density at radius 1 is 1.26 bits per heavy atom. The van der Waals surface area contributed by atoms with Crippen LogP contribution in [0.1, 0.15) is 10.5 Å². The molecular weight excluding hydrogens is 311 g/mol. The molecule has 0 fully saturated rings. The number of imidazole rings is 1. The van der Waals surface area contributed by atoms with Crippen LogP contribution in [0.5, 0.6) is 0 Å². The van der Waals surface area contributed by atoms with E-state index in [2.05, 4.69) is 20.9 Å². The summed E-state index contributed by atoms with van der Waals surface area (Å²) in [5.74, 6) is 0.204. The smallest absolute Gasteiger partial charge is 0.170 e. The second-order valence-electron chi connectivity index (χ2n) is 4.02. The Balaban J connectivity index is 2.36. The molecule has 0 spiro atoms. The van der Waals surface area contributed by atoms with Crippen LogP contribution < -0.4 is 0 Å². The third kappa shape index (κ3) is 1.96. The topological polar surface area (TPSA) is 34.4 Å². The summed E-state index contributed by atoms with van der Waals surface area (Å²) in [7, 11) is 0. The Hall–Kier alpha value is -2.01. The zero-order chi connectivity index (χ0) is 13.4. The molecule has 3 nitrogen and oxygen atoms in total. The Labute approximate surface area is 116 Å². The van der Waals surface area contributed by atoms with Gasteiger partial charge in [0, 0.05) is 16.2 Å². The van der Waals surface area contributed by atoms with E-state index in [1.807, 2.05) is 12.1 Å². The third-order valence-corrected chi connectivity index (χ3v) is 3.48. The predicted octanol–water partition coefficient (Wildman–Crippen LogP) is 3.72. The molecule has 2 aromatic heterocycles. The van der Waals surface area contributed by atoms with Gasteiger partial charge in [-0.15, -0.1) is 0 Å². The van der Waals surface area contributed by atoms with Crippen LogP contribution in [0.4, 0.5) is 4.39 Å². The molecular formula is C14H8BrFN2O. The minimum atomic E-state index is -0.336. The number of hydrogen-bond acceptors (Lipinski definition) is 2. The predicted molar refractivity (Wildman–Crippen MR) is 73.7 cm³/mol. The van der Waals surface area contributed by atoms with Crippen molar-refractivity contribution < 1.29 is 9.18 Å². The third-order valence-electron chi connectivity index (χ3n) is 2.84. The van der Waals surface area contributed by atoms with Gasteiger partial charge in [0.2, 0.25) is 0 Å². The highest BCUT2D eigenvalue weighted by Gasteiger charge is 2.14. The van der Waals surface area contributed by atoms with Crippen molar-refractivity contribution in [2.24, 2.45) is 0 Å². The maximum atomic E-state index is 13.3. The van der Waals surface area contributed by atoms with E-state index in [1.54, 1.807) is 22.7 Å². The summed E-state index contributed by atoms with van der Waals surface area (Å²) in [5, 5.41) is 0. The Bertz CT molecular complexity index is 782. The van der Waals surface area contributed by atoms with E-state index >= 15 is 0 Å². The van der Waals surface area contributed by atoms with Crippen LogP contribution >= 0.6 is 15.9 Å². The fraction of sp³-hybridized carbons (Fsp3) is 0. The van der Waals surface area contributed by atoms with Gasteiger partial charge < -0.3 is 0 Å². The van der Waals surface area contributed by atoms with Crippen molar-refractivity contribution in [1.82, 2.24) is 9.38 Å². The van der Waals surface area contributed by atoms with E-state index < -0.39 is 0 Å². The molecule has 0 saturated heterocycles. The number of halogens is 2. The first-order valence-corrected chi connectivity index (χ1v) is 6.37. The van der Waals surface area contributed by atoms with Crippen molar-refractivity contribution in [2.75, 3.05) is 0 Å². The monoisotopic (exact) mass is 318 g/mol. The molecule has 0 saturated carbocycles. The molecule has 2 heterocycles. The van der Waals surface area contributed by atoms with Gasteiger partial charge >= 0.3 is 0 Å². The molecule has 0 aliphatic rings. The number of hydrogen-bond donors (Lipinski definition) is 0. The van der Waals surface area contributed by atoms with Gasteiger partial charge in [0.1, 0.15) is 17.3 Å². The molecule has 0 N–H and O–H groups in total. The highest BCUT2D eigenvalue weighted by Crippen LogP contribution is 2.27. The fourth-order valence-electron chi connectivity index (χ4n) is 2.04.